The van der Waals surface area contributed by atoms with Gasteiger partial charge >= 0.3 is 0 Å². The van der Waals surface area contributed by atoms with E-state index < -0.39 is 0 Å². The van der Waals surface area contributed by atoms with Crippen molar-refractivity contribution in [2.24, 2.45) is 0 Å². The highest BCUT2D eigenvalue weighted by molar-refractivity contribution is 9.10. The zero-order chi connectivity index (χ0) is 22.9. The van der Waals surface area contributed by atoms with Crippen molar-refractivity contribution < 1.29 is 9.13 Å². The molecule has 5 aromatic rings. The van der Waals surface area contributed by atoms with E-state index >= 15 is 0 Å². The van der Waals surface area contributed by atoms with E-state index in [1.807, 2.05) is 35.8 Å². The number of aromatic nitrogens is 4. The molecule has 0 atom stereocenters. The van der Waals surface area contributed by atoms with Gasteiger partial charge in [0.1, 0.15) is 17.4 Å². The van der Waals surface area contributed by atoms with Crippen LogP contribution in [0.25, 0.3) is 33.3 Å². The Hall–Kier alpha value is -3.52. The van der Waals surface area contributed by atoms with Crippen LogP contribution in [0, 0.1) is 5.82 Å². The van der Waals surface area contributed by atoms with E-state index in [0.29, 0.717) is 41.2 Å². The Balaban J connectivity index is 1.59. The van der Waals surface area contributed by atoms with Crippen LogP contribution in [0.5, 0.6) is 5.75 Å². The third kappa shape index (κ3) is 4.26. The Labute approximate surface area is 197 Å². The van der Waals surface area contributed by atoms with Crippen molar-refractivity contribution in [2.75, 3.05) is 6.61 Å². The molecule has 8 heteroatoms. The van der Waals surface area contributed by atoms with E-state index in [4.69, 9.17) is 9.72 Å². The number of H-pyrrole nitrogens is 1. The van der Waals surface area contributed by atoms with E-state index in [2.05, 4.69) is 25.9 Å². The number of halogens is 2. The molecule has 166 valence electrons. The van der Waals surface area contributed by atoms with E-state index in [1.54, 1.807) is 24.5 Å². The van der Waals surface area contributed by atoms with Gasteiger partial charge in [-0.2, -0.15) is 0 Å². The van der Waals surface area contributed by atoms with Crippen molar-refractivity contribution in [3.8, 4) is 17.1 Å². The Morgan fingerprint density at radius 3 is 2.70 bits per heavy atom. The number of nitrogens with one attached hydrogen (secondary N) is 1. The molecule has 0 amide bonds. The first-order valence-electron chi connectivity index (χ1n) is 10.6. The molecule has 33 heavy (non-hydrogen) atoms. The minimum absolute atomic E-state index is 0.243. The van der Waals surface area contributed by atoms with Crippen LogP contribution >= 0.6 is 15.9 Å². The zero-order valence-electron chi connectivity index (χ0n) is 17.8. The van der Waals surface area contributed by atoms with Gasteiger partial charge in [0.05, 0.1) is 40.4 Å². The average Bonchev–Trinajstić information content (AvgIpc) is 3.20. The smallest absolute Gasteiger partial charge is 0.259 e. The lowest BCUT2D eigenvalue weighted by Crippen LogP contribution is -2.10. The fourth-order valence-electron chi connectivity index (χ4n) is 3.76. The molecule has 6 nitrogen and oxygen atoms in total. The number of imidazole rings is 1. The molecule has 2 heterocycles. The third-order valence-corrected chi connectivity index (χ3v) is 5.87. The molecule has 0 aliphatic rings. The van der Waals surface area contributed by atoms with Gasteiger partial charge in [-0.3, -0.25) is 4.79 Å². The lowest BCUT2D eigenvalue weighted by Gasteiger charge is -2.11. The highest BCUT2D eigenvalue weighted by Crippen LogP contribution is 2.31. The number of ether oxygens (including phenoxy) is 1. The number of hydrogen-bond donors (Lipinski definition) is 1. The minimum Gasteiger partial charge on any atom is -0.493 e. The first kappa shape index (κ1) is 21.3. The fraction of sp³-hybridized carbons (Fsp3) is 0.160. The monoisotopic (exact) mass is 506 g/mol. The number of nitrogens with zero attached hydrogens (tertiary/aromatic N) is 3. The standard InChI is InChI=1S/C25H20BrFN4O2/c1-2-9-33-23-8-5-16(26)10-19(23)24-29-20-12-21-22(11-18(20)25(32)30-24)31(14-28-21)13-15-3-6-17(27)7-4-15/h3-8,10-12,14H,2,9,13H2,1H3,(H,29,30,32). The first-order chi connectivity index (χ1) is 16.0. The molecule has 0 fully saturated rings. The Bertz CT molecular complexity index is 1530. The topological polar surface area (TPSA) is 72.8 Å². The van der Waals surface area contributed by atoms with Crippen molar-refractivity contribution in [2.45, 2.75) is 19.9 Å². The Morgan fingerprint density at radius 1 is 1.09 bits per heavy atom. The number of hydrogen-bond acceptors (Lipinski definition) is 4. The zero-order valence-corrected chi connectivity index (χ0v) is 19.4. The van der Waals surface area contributed by atoms with Crippen molar-refractivity contribution >= 4 is 37.9 Å². The van der Waals surface area contributed by atoms with Crippen LogP contribution < -0.4 is 10.3 Å². The maximum Gasteiger partial charge on any atom is 0.259 e. The van der Waals surface area contributed by atoms with Gasteiger partial charge < -0.3 is 14.3 Å². The van der Waals surface area contributed by atoms with Crippen LogP contribution in [-0.2, 0) is 6.54 Å². The number of benzene rings is 3. The third-order valence-electron chi connectivity index (χ3n) is 5.37. The predicted molar refractivity (Wildman–Crippen MR) is 130 cm³/mol. The van der Waals surface area contributed by atoms with Gasteiger partial charge in [-0.15, -0.1) is 0 Å². The van der Waals surface area contributed by atoms with Gasteiger partial charge in [0.2, 0.25) is 0 Å². The summed E-state index contributed by atoms with van der Waals surface area (Å²) in [6.45, 7) is 3.12. The van der Waals surface area contributed by atoms with Crippen molar-refractivity contribution in [3.63, 3.8) is 0 Å². The maximum atomic E-state index is 13.2. The van der Waals surface area contributed by atoms with E-state index in [0.717, 1.165) is 27.5 Å². The summed E-state index contributed by atoms with van der Waals surface area (Å²) in [5, 5.41) is 0.470. The highest BCUT2D eigenvalue weighted by atomic mass is 79.9. The summed E-state index contributed by atoms with van der Waals surface area (Å²) in [6, 6.07) is 15.6. The summed E-state index contributed by atoms with van der Waals surface area (Å²) in [5.41, 5.74) is 3.49. The van der Waals surface area contributed by atoms with Gasteiger partial charge in [-0.25, -0.2) is 14.4 Å². The first-order valence-corrected chi connectivity index (χ1v) is 11.4. The molecule has 0 radical (unpaired) electrons. The second-order valence-corrected chi connectivity index (χ2v) is 8.68. The van der Waals surface area contributed by atoms with Crippen LogP contribution in [0.1, 0.15) is 18.9 Å². The average molecular weight is 507 g/mol. The van der Waals surface area contributed by atoms with Gasteiger partial charge in [0, 0.05) is 11.0 Å². The molecule has 0 saturated heterocycles. The molecule has 0 unspecified atom stereocenters. The highest BCUT2D eigenvalue weighted by Gasteiger charge is 2.14. The Kier molecular flexibility index (Phi) is 5.68. The summed E-state index contributed by atoms with van der Waals surface area (Å²) in [7, 11) is 0. The number of rotatable bonds is 6. The second kappa shape index (κ2) is 8.78. The number of aromatic amines is 1. The molecule has 0 saturated carbocycles. The molecule has 1 N–H and O–H groups in total. The molecular formula is C25H20BrFN4O2. The summed E-state index contributed by atoms with van der Waals surface area (Å²) < 4.78 is 21.9. The largest absolute Gasteiger partial charge is 0.493 e. The molecule has 0 aliphatic carbocycles. The van der Waals surface area contributed by atoms with Crippen LogP contribution in [-0.4, -0.2) is 26.1 Å². The second-order valence-electron chi connectivity index (χ2n) is 7.76. The molecule has 5 rings (SSSR count). The summed E-state index contributed by atoms with van der Waals surface area (Å²) in [4.78, 5) is 25.2. The SMILES string of the molecule is CCCOc1ccc(Br)cc1-c1nc2cc3ncn(Cc4ccc(F)cc4)c3cc2c(=O)[nH]1. The van der Waals surface area contributed by atoms with Crippen LogP contribution in [0.15, 0.2) is 70.2 Å². The lowest BCUT2D eigenvalue weighted by atomic mass is 10.1. The van der Waals surface area contributed by atoms with Crippen molar-refractivity contribution in [1.29, 1.82) is 0 Å². The van der Waals surface area contributed by atoms with Crippen LogP contribution in [0.4, 0.5) is 4.39 Å². The van der Waals surface area contributed by atoms with E-state index in [9.17, 15) is 9.18 Å². The van der Waals surface area contributed by atoms with Crippen molar-refractivity contribution in [1.82, 2.24) is 19.5 Å². The predicted octanol–water partition coefficient (Wildman–Crippen LogP) is 5.68. The van der Waals surface area contributed by atoms with Gasteiger partial charge in [-0.1, -0.05) is 35.0 Å². The summed E-state index contributed by atoms with van der Waals surface area (Å²) >= 11 is 3.49. The minimum atomic E-state index is -0.276. The molecule has 0 aliphatic heterocycles. The quantitative estimate of drug-likeness (QED) is 0.321. The number of fused-ring (bicyclic) bond motifs is 2. The van der Waals surface area contributed by atoms with E-state index in [-0.39, 0.29) is 11.4 Å². The van der Waals surface area contributed by atoms with Gasteiger partial charge in [-0.05, 0) is 54.4 Å². The molecular weight excluding hydrogens is 487 g/mol. The molecule has 0 bridgehead atoms. The summed E-state index contributed by atoms with van der Waals surface area (Å²) in [6.07, 6.45) is 2.59. The van der Waals surface area contributed by atoms with Gasteiger partial charge in [0.25, 0.3) is 5.56 Å². The molecule has 0 spiro atoms. The maximum absolute atomic E-state index is 13.2. The summed E-state index contributed by atoms with van der Waals surface area (Å²) in [5.74, 6) is 0.819. The van der Waals surface area contributed by atoms with Crippen LogP contribution in [0.2, 0.25) is 0 Å². The lowest BCUT2D eigenvalue weighted by molar-refractivity contribution is 0.318. The molecule has 3 aromatic carbocycles. The van der Waals surface area contributed by atoms with Crippen LogP contribution in [0.3, 0.4) is 0 Å². The van der Waals surface area contributed by atoms with Crippen molar-refractivity contribution in [3.05, 3.63) is 87.1 Å². The van der Waals surface area contributed by atoms with Gasteiger partial charge in [0.15, 0.2) is 0 Å². The fourth-order valence-corrected chi connectivity index (χ4v) is 4.12. The Morgan fingerprint density at radius 2 is 1.91 bits per heavy atom. The normalized spacial score (nSPS) is 11.4. The molecule has 2 aromatic heterocycles. The van der Waals surface area contributed by atoms with E-state index in [1.165, 1.54) is 12.1 Å².